The van der Waals surface area contributed by atoms with E-state index < -0.39 is 0 Å². The quantitative estimate of drug-likeness (QED) is 0.670. The van der Waals surface area contributed by atoms with Gasteiger partial charge in [0.25, 0.3) is 5.91 Å². The summed E-state index contributed by atoms with van der Waals surface area (Å²) in [5.74, 6) is 1.61. The van der Waals surface area contributed by atoms with Crippen molar-refractivity contribution in [1.82, 2.24) is 5.32 Å². The number of carbonyl (C=O) groups excluding carboxylic acids is 1. The molecule has 1 amide bonds. The van der Waals surface area contributed by atoms with Crippen LogP contribution in [-0.4, -0.2) is 32.8 Å². The highest BCUT2D eigenvalue weighted by atomic mass is 79.9. The molecule has 0 heterocycles. The number of halogens is 2. The number of para-hydroxylation sites is 2. The van der Waals surface area contributed by atoms with Crippen molar-refractivity contribution >= 4 is 33.4 Å². The minimum Gasteiger partial charge on any atom is -0.493 e. The molecule has 0 atom stereocenters. The zero-order valence-corrected chi connectivity index (χ0v) is 15.4. The van der Waals surface area contributed by atoms with Crippen molar-refractivity contribution < 1.29 is 19.0 Å². The molecule has 0 bridgehead atoms. The van der Waals surface area contributed by atoms with E-state index in [0.717, 1.165) is 0 Å². The third kappa shape index (κ3) is 5.62. The van der Waals surface area contributed by atoms with Gasteiger partial charge in [-0.25, -0.2) is 0 Å². The summed E-state index contributed by atoms with van der Waals surface area (Å²) in [5.41, 5.74) is 0. The minimum absolute atomic E-state index is 0.0884. The molecular formula is C17H17BrClNO4. The number of ether oxygens (including phenoxy) is 3. The Morgan fingerprint density at radius 3 is 2.58 bits per heavy atom. The van der Waals surface area contributed by atoms with Crippen LogP contribution in [0.1, 0.15) is 0 Å². The van der Waals surface area contributed by atoms with Crippen molar-refractivity contribution in [3.05, 3.63) is 52.0 Å². The predicted octanol–water partition coefficient (Wildman–Crippen LogP) is 3.69. The Morgan fingerprint density at radius 2 is 1.88 bits per heavy atom. The van der Waals surface area contributed by atoms with Crippen molar-refractivity contribution in [1.29, 1.82) is 0 Å². The normalized spacial score (nSPS) is 10.1. The lowest BCUT2D eigenvalue weighted by atomic mass is 10.3. The van der Waals surface area contributed by atoms with Gasteiger partial charge < -0.3 is 19.5 Å². The Labute approximate surface area is 154 Å². The molecule has 2 rings (SSSR count). The Hall–Kier alpha value is -1.92. The predicted molar refractivity (Wildman–Crippen MR) is 96.1 cm³/mol. The van der Waals surface area contributed by atoms with Gasteiger partial charge in [-0.1, -0.05) is 23.7 Å². The molecule has 0 aromatic heterocycles. The first-order chi connectivity index (χ1) is 11.6. The van der Waals surface area contributed by atoms with Crippen LogP contribution in [0, 0.1) is 0 Å². The first-order valence-electron chi connectivity index (χ1n) is 7.20. The second kappa shape index (κ2) is 9.39. The number of hydrogen-bond donors (Lipinski definition) is 1. The summed E-state index contributed by atoms with van der Waals surface area (Å²) < 4.78 is 16.9. The Kier molecular flexibility index (Phi) is 7.21. The molecule has 0 spiro atoms. The molecule has 0 aliphatic heterocycles. The van der Waals surface area contributed by atoms with Crippen LogP contribution in [0.5, 0.6) is 17.2 Å². The molecule has 1 N–H and O–H groups in total. The van der Waals surface area contributed by atoms with E-state index in [1.54, 1.807) is 25.3 Å². The molecule has 2 aromatic rings. The van der Waals surface area contributed by atoms with Gasteiger partial charge >= 0.3 is 0 Å². The van der Waals surface area contributed by atoms with Crippen molar-refractivity contribution in [3.63, 3.8) is 0 Å². The van der Waals surface area contributed by atoms with E-state index in [1.807, 2.05) is 24.3 Å². The van der Waals surface area contributed by atoms with E-state index in [1.165, 1.54) is 0 Å². The van der Waals surface area contributed by atoms with Crippen LogP contribution < -0.4 is 19.5 Å². The molecular weight excluding hydrogens is 398 g/mol. The molecule has 24 heavy (non-hydrogen) atoms. The zero-order chi connectivity index (χ0) is 17.4. The average molecular weight is 415 g/mol. The van der Waals surface area contributed by atoms with E-state index in [-0.39, 0.29) is 12.5 Å². The number of methoxy groups -OCH3 is 1. The maximum absolute atomic E-state index is 11.8. The van der Waals surface area contributed by atoms with Crippen LogP contribution in [0.2, 0.25) is 5.02 Å². The molecule has 0 saturated heterocycles. The van der Waals surface area contributed by atoms with Gasteiger partial charge in [0.1, 0.15) is 12.4 Å². The largest absolute Gasteiger partial charge is 0.493 e. The average Bonchev–Trinajstić information content (AvgIpc) is 2.58. The molecule has 5 nitrogen and oxygen atoms in total. The van der Waals surface area contributed by atoms with E-state index in [4.69, 9.17) is 25.8 Å². The molecule has 128 valence electrons. The van der Waals surface area contributed by atoms with E-state index >= 15 is 0 Å². The first kappa shape index (κ1) is 18.4. The summed E-state index contributed by atoms with van der Waals surface area (Å²) in [7, 11) is 1.58. The molecule has 0 aliphatic carbocycles. The highest BCUT2D eigenvalue weighted by molar-refractivity contribution is 9.10. The first-order valence-corrected chi connectivity index (χ1v) is 8.37. The number of nitrogens with one attached hydrogen (secondary N) is 1. The summed E-state index contributed by atoms with van der Waals surface area (Å²) in [6.45, 7) is 0.605. The fraction of sp³-hybridized carbons (Fsp3) is 0.235. The van der Waals surface area contributed by atoms with Crippen LogP contribution in [-0.2, 0) is 4.79 Å². The minimum atomic E-state index is -0.236. The summed E-state index contributed by atoms with van der Waals surface area (Å²) >= 11 is 9.18. The van der Waals surface area contributed by atoms with E-state index in [2.05, 4.69) is 21.2 Å². The van der Waals surface area contributed by atoms with Gasteiger partial charge in [-0.15, -0.1) is 0 Å². The molecule has 7 heteroatoms. The van der Waals surface area contributed by atoms with Gasteiger partial charge in [0.2, 0.25) is 0 Å². The SMILES string of the molecule is COc1ccccc1OCCNC(=O)COc1ccc(Cl)cc1Br. The van der Waals surface area contributed by atoms with Crippen LogP contribution in [0.3, 0.4) is 0 Å². The molecule has 0 saturated carbocycles. The standard InChI is InChI=1S/C17H17BrClNO4/c1-22-15-4-2-3-5-16(15)23-9-8-20-17(21)11-24-14-7-6-12(19)10-13(14)18/h2-7,10H,8-9,11H2,1H3,(H,20,21). The fourth-order valence-electron chi connectivity index (χ4n) is 1.88. The molecule has 0 aliphatic rings. The molecule has 0 radical (unpaired) electrons. The smallest absolute Gasteiger partial charge is 0.258 e. The fourth-order valence-corrected chi connectivity index (χ4v) is 2.67. The number of rotatable bonds is 8. The van der Waals surface area contributed by atoms with Crippen LogP contribution in [0.15, 0.2) is 46.9 Å². The number of amides is 1. The van der Waals surface area contributed by atoms with Gasteiger partial charge in [0, 0.05) is 5.02 Å². The van der Waals surface area contributed by atoms with Gasteiger partial charge in [0.05, 0.1) is 18.1 Å². The third-order valence-electron chi connectivity index (χ3n) is 3.00. The Bertz CT molecular complexity index is 696. The molecule has 0 fully saturated rings. The lowest BCUT2D eigenvalue weighted by Crippen LogP contribution is -2.32. The highest BCUT2D eigenvalue weighted by Gasteiger charge is 2.07. The second-order valence-electron chi connectivity index (χ2n) is 4.71. The Balaban J connectivity index is 1.70. The second-order valence-corrected chi connectivity index (χ2v) is 6.00. The van der Waals surface area contributed by atoms with Crippen molar-refractivity contribution in [2.75, 3.05) is 26.9 Å². The maximum atomic E-state index is 11.8. The Morgan fingerprint density at radius 1 is 1.12 bits per heavy atom. The van der Waals surface area contributed by atoms with E-state index in [9.17, 15) is 4.79 Å². The van der Waals surface area contributed by atoms with Crippen molar-refractivity contribution in [3.8, 4) is 17.2 Å². The summed E-state index contributed by atoms with van der Waals surface area (Å²) in [4.78, 5) is 11.8. The summed E-state index contributed by atoms with van der Waals surface area (Å²) in [6.07, 6.45) is 0. The highest BCUT2D eigenvalue weighted by Crippen LogP contribution is 2.28. The van der Waals surface area contributed by atoms with Crippen LogP contribution >= 0.6 is 27.5 Å². The monoisotopic (exact) mass is 413 g/mol. The lowest BCUT2D eigenvalue weighted by molar-refractivity contribution is -0.123. The molecule has 0 unspecified atom stereocenters. The van der Waals surface area contributed by atoms with Gasteiger partial charge in [-0.05, 0) is 46.3 Å². The summed E-state index contributed by atoms with van der Waals surface area (Å²) in [5, 5.41) is 3.31. The number of hydrogen-bond acceptors (Lipinski definition) is 4. The van der Waals surface area contributed by atoms with Gasteiger partial charge in [-0.2, -0.15) is 0 Å². The lowest BCUT2D eigenvalue weighted by Gasteiger charge is -2.11. The van der Waals surface area contributed by atoms with Gasteiger partial charge in [-0.3, -0.25) is 4.79 Å². The van der Waals surface area contributed by atoms with Crippen LogP contribution in [0.4, 0.5) is 0 Å². The van der Waals surface area contributed by atoms with E-state index in [0.29, 0.717) is 39.9 Å². The maximum Gasteiger partial charge on any atom is 0.258 e. The third-order valence-corrected chi connectivity index (χ3v) is 3.86. The van der Waals surface area contributed by atoms with Crippen LogP contribution in [0.25, 0.3) is 0 Å². The van der Waals surface area contributed by atoms with Gasteiger partial charge in [0.15, 0.2) is 18.1 Å². The van der Waals surface area contributed by atoms with Crippen molar-refractivity contribution in [2.45, 2.75) is 0 Å². The molecule has 2 aromatic carbocycles. The topological polar surface area (TPSA) is 56.8 Å². The van der Waals surface area contributed by atoms with Crippen molar-refractivity contribution in [2.24, 2.45) is 0 Å². The zero-order valence-electron chi connectivity index (χ0n) is 13.1. The number of benzene rings is 2. The summed E-state index contributed by atoms with van der Waals surface area (Å²) in [6, 6.07) is 12.4. The number of carbonyl (C=O) groups is 1.